The lowest BCUT2D eigenvalue weighted by Gasteiger charge is -2.16. The third-order valence-corrected chi connectivity index (χ3v) is 3.79. The van der Waals surface area contributed by atoms with Gasteiger partial charge in [0.2, 0.25) is 0 Å². The summed E-state index contributed by atoms with van der Waals surface area (Å²) in [5.74, 6) is 0. The molecule has 0 saturated carbocycles. The van der Waals surface area contributed by atoms with Crippen LogP contribution in [0.4, 0.5) is 0 Å². The van der Waals surface area contributed by atoms with Crippen LogP contribution in [0.1, 0.15) is 38.2 Å². The molecule has 1 N–H and O–H groups in total. The van der Waals surface area contributed by atoms with Crippen LogP contribution in [0.15, 0.2) is 30.3 Å². The van der Waals surface area contributed by atoms with Gasteiger partial charge >= 0.3 is 0 Å². The molecule has 1 heterocycles. The molecule has 1 atom stereocenters. The first kappa shape index (κ1) is 13.6. The fourth-order valence-corrected chi connectivity index (χ4v) is 2.65. The molecule has 2 rings (SSSR count). The first-order valence-corrected chi connectivity index (χ1v) is 7.38. The van der Waals surface area contributed by atoms with E-state index >= 15 is 0 Å². The van der Waals surface area contributed by atoms with Crippen LogP contribution in [0.3, 0.4) is 0 Å². The number of hydrogen-bond acceptors (Lipinski definition) is 2. The fraction of sp³-hybridized carbons (Fsp3) is 0.625. The second-order valence-corrected chi connectivity index (χ2v) is 5.36. The number of nitrogens with one attached hydrogen (secondary N) is 1. The average Bonchev–Trinajstić information content (AvgIpc) is 2.86. The zero-order valence-corrected chi connectivity index (χ0v) is 11.6. The van der Waals surface area contributed by atoms with Crippen LogP contribution < -0.4 is 5.32 Å². The van der Waals surface area contributed by atoms with Crippen molar-refractivity contribution in [3.05, 3.63) is 35.9 Å². The molecule has 100 valence electrons. The Balaban J connectivity index is 1.64. The number of hydrogen-bond donors (Lipinski definition) is 1. The Hall–Kier alpha value is -0.860. The van der Waals surface area contributed by atoms with Gasteiger partial charge in [0.15, 0.2) is 0 Å². The standard InChI is InChI=1S/C16H26N2/c1-2-3-7-11-18-12-10-16(14-18)17-13-15-8-5-4-6-9-15/h4-6,8-9,16-17H,2-3,7,10-14H2,1H3. The minimum absolute atomic E-state index is 0.687. The quantitative estimate of drug-likeness (QED) is 0.744. The van der Waals surface area contributed by atoms with Gasteiger partial charge in [-0.1, -0.05) is 50.1 Å². The lowest BCUT2D eigenvalue weighted by molar-refractivity contribution is 0.319. The summed E-state index contributed by atoms with van der Waals surface area (Å²) in [5.41, 5.74) is 1.39. The SMILES string of the molecule is CCCCCN1CCC(NCc2ccccc2)C1. The Morgan fingerprint density at radius 3 is 2.83 bits per heavy atom. The number of rotatable bonds is 7. The van der Waals surface area contributed by atoms with Crippen LogP contribution in [0.2, 0.25) is 0 Å². The molecule has 18 heavy (non-hydrogen) atoms. The molecule has 1 aromatic rings. The maximum atomic E-state index is 3.68. The van der Waals surface area contributed by atoms with Crippen molar-refractivity contribution in [2.45, 2.75) is 45.2 Å². The van der Waals surface area contributed by atoms with Crippen molar-refractivity contribution < 1.29 is 0 Å². The summed E-state index contributed by atoms with van der Waals surface area (Å²) in [6.45, 7) is 7.08. The van der Waals surface area contributed by atoms with E-state index in [2.05, 4.69) is 47.5 Å². The summed E-state index contributed by atoms with van der Waals surface area (Å²) in [7, 11) is 0. The van der Waals surface area contributed by atoms with E-state index in [1.54, 1.807) is 0 Å². The lowest BCUT2D eigenvalue weighted by Crippen LogP contribution is -2.32. The molecule has 1 unspecified atom stereocenters. The van der Waals surface area contributed by atoms with E-state index in [-0.39, 0.29) is 0 Å². The summed E-state index contributed by atoms with van der Waals surface area (Å²) in [6, 6.07) is 11.4. The molecule has 0 aliphatic carbocycles. The van der Waals surface area contributed by atoms with E-state index in [0.717, 1.165) is 6.54 Å². The number of benzene rings is 1. The molecule has 0 aromatic heterocycles. The molecular formula is C16H26N2. The first-order valence-electron chi connectivity index (χ1n) is 7.38. The van der Waals surface area contributed by atoms with E-state index in [1.165, 1.54) is 50.9 Å². The normalized spacial score (nSPS) is 20.4. The second kappa shape index (κ2) is 7.55. The van der Waals surface area contributed by atoms with Crippen LogP contribution in [0, 0.1) is 0 Å². The van der Waals surface area contributed by atoms with E-state index in [4.69, 9.17) is 0 Å². The summed E-state index contributed by atoms with van der Waals surface area (Å²) in [4.78, 5) is 2.61. The van der Waals surface area contributed by atoms with Crippen molar-refractivity contribution >= 4 is 0 Å². The molecule has 0 radical (unpaired) electrons. The van der Waals surface area contributed by atoms with Gasteiger partial charge in [-0.2, -0.15) is 0 Å². The highest BCUT2D eigenvalue weighted by molar-refractivity contribution is 5.14. The van der Waals surface area contributed by atoms with Gasteiger partial charge < -0.3 is 10.2 Å². The van der Waals surface area contributed by atoms with Gasteiger partial charge in [0, 0.05) is 19.1 Å². The summed E-state index contributed by atoms with van der Waals surface area (Å²) in [5, 5.41) is 3.68. The van der Waals surface area contributed by atoms with Gasteiger partial charge in [-0.15, -0.1) is 0 Å². The second-order valence-electron chi connectivity index (χ2n) is 5.36. The molecular weight excluding hydrogens is 220 g/mol. The van der Waals surface area contributed by atoms with Crippen molar-refractivity contribution in [3.8, 4) is 0 Å². The molecule has 0 spiro atoms. The molecule has 1 aliphatic rings. The Kier molecular flexibility index (Phi) is 5.69. The highest BCUT2D eigenvalue weighted by Crippen LogP contribution is 2.11. The molecule has 2 nitrogen and oxygen atoms in total. The van der Waals surface area contributed by atoms with Crippen molar-refractivity contribution in [2.75, 3.05) is 19.6 Å². The van der Waals surface area contributed by atoms with Crippen LogP contribution in [0.25, 0.3) is 0 Å². The Labute approximate surface area is 111 Å². The topological polar surface area (TPSA) is 15.3 Å². The third-order valence-electron chi connectivity index (χ3n) is 3.79. The van der Waals surface area contributed by atoms with Gasteiger partial charge in [0.25, 0.3) is 0 Å². The molecule has 1 saturated heterocycles. The van der Waals surface area contributed by atoms with E-state index in [9.17, 15) is 0 Å². The lowest BCUT2D eigenvalue weighted by atomic mass is 10.2. The van der Waals surface area contributed by atoms with Gasteiger partial charge in [-0.25, -0.2) is 0 Å². The smallest absolute Gasteiger partial charge is 0.0210 e. The Morgan fingerprint density at radius 2 is 2.06 bits per heavy atom. The molecule has 0 bridgehead atoms. The van der Waals surface area contributed by atoms with E-state index in [1.807, 2.05) is 0 Å². The number of unbranched alkanes of at least 4 members (excludes halogenated alkanes) is 2. The van der Waals surface area contributed by atoms with E-state index in [0.29, 0.717) is 6.04 Å². The Bertz CT molecular complexity index is 323. The zero-order valence-electron chi connectivity index (χ0n) is 11.6. The van der Waals surface area contributed by atoms with Gasteiger partial charge in [-0.3, -0.25) is 0 Å². The maximum Gasteiger partial charge on any atom is 0.0210 e. The summed E-state index contributed by atoms with van der Waals surface area (Å²) in [6.07, 6.45) is 5.36. The van der Waals surface area contributed by atoms with Gasteiger partial charge in [0.05, 0.1) is 0 Å². The average molecular weight is 246 g/mol. The monoisotopic (exact) mass is 246 g/mol. The zero-order chi connectivity index (χ0) is 12.6. The van der Waals surface area contributed by atoms with Crippen LogP contribution in [-0.2, 0) is 6.54 Å². The van der Waals surface area contributed by atoms with Crippen molar-refractivity contribution in [1.29, 1.82) is 0 Å². The fourth-order valence-electron chi connectivity index (χ4n) is 2.65. The number of nitrogens with zero attached hydrogens (tertiary/aromatic N) is 1. The predicted octanol–water partition coefficient (Wildman–Crippen LogP) is 3.04. The minimum atomic E-state index is 0.687. The highest BCUT2D eigenvalue weighted by atomic mass is 15.2. The van der Waals surface area contributed by atoms with Crippen molar-refractivity contribution in [1.82, 2.24) is 10.2 Å². The van der Waals surface area contributed by atoms with Gasteiger partial charge in [0.1, 0.15) is 0 Å². The largest absolute Gasteiger partial charge is 0.309 e. The van der Waals surface area contributed by atoms with Crippen LogP contribution >= 0.6 is 0 Å². The Morgan fingerprint density at radius 1 is 1.22 bits per heavy atom. The number of likely N-dealkylation sites (tertiary alicyclic amines) is 1. The molecule has 2 heteroatoms. The molecule has 1 fully saturated rings. The third kappa shape index (κ3) is 4.43. The minimum Gasteiger partial charge on any atom is -0.309 e. The highest BCUT2D eigenvalue weighted by Gasteiger charge is 2.20. The van der Waals surface area contributed by atoms with Crippen molar-refractivity contribution in [3.63, 3.8) is 0 Å². The summed E-state index contributed by atoms with van der Waals surface area (Å²) < 4.78 is 0. The predicted molar refractivity (Wildman–Crippen MR) is 77.7 cm³/mol. The maximum absolute atomic E-state index is 3.68. The van der Waals surface area contributed by atoms with Gasteiger partial charge in [-0.05, 0) is 31.5 Å². The molecule has 1 aliphatic heterocycles. The first-order chi connectivity index (χ1) is 8.88. The van der Waals surface area contributed by atoms with E-state index < -0.39 is 0 Å². The van der Waals surface area contributed by atoms with Crippen molar-refractivity contribution in [2.24, 2.45) is 0 Å². The summed E-state index contributed by atoms with van der Waals surface area (Å²) >= 11 is 0. The van der Waals surface area contributed by atoms with Crippen LogP contribution in [-0.4, -0.2) is 30.6 Å². The molecule has 1 aromatic carbocycles. The molecule has 0 amide bonds. The van der Waals surface area contributed by atoms with Crippen LogP contribution in [0.5, 0.6) is 0 Å².